The number of urea groups is 1. The van der Waals surface area contributed by atoms with Crippen molar-refractivity contribution < 1.29 is 18.4 Å². The van der Waals surface area contributed by atoms with Gasteiger partial charge in [-0.1, -0.05) is 0 Å². The molecule has 8 nitrogen and oxygen atoms in total. The van der Waals surface area contributed by atoms with Crippen molar-refractivity contribution in [3.05, 3.63) is 67.1 Å². The quantitative estimate of drug-likeness (QED) is 0.286. The summed E-state index contributed by atoms with van der Waals surface area (Å²) in [6, 6.07) is 5.24. The number of nitrogens with zero attached hydrogens (tertiary/aromatic N) is 1. The van der Waals surface area contributed by atoms with Gasteiger partial charge in [0, 0.05) is 11.9 Å². The van der Waals surface area contributed by atoms with Crippen LogP contribution in [-0.2, 0) is 0 Å². The van der Waals surface area contributed by atoms with E-state index >= 15 is 0 Å². The van der Waals surface area contributed by atoms with Gasteiger partial charge in [-0.2, -0.15) is 0 Å². The highest BCUT2D eigenvalue weighted by Gasteiger charge is 2.08. The van der Waals surface area contributed by atoms with Gasteiger partial charge in [-0.3, -0.25) is 4.79 Å². The SMILES string of the molecule is NC(N)=O.Nc1ccc(Br)c(F)c1C=O.O=c1ncc2c(F)c(Br)ccc2[nH]1. The molecule has 0 bridgehead atoms. The third-order valence-electron chi connectivity index (χ3n) is 2.97. The van der Waals surface area contributed by atoms with Crippen LogP contribution in [0.5, 0.6) is 0 Å². The van der Waals surface area contributed by atoms with Gasteiger partial charge in [-0.25, -0.2) is 23.4 Å². The monoisotopic (exact) mass is 519 g/mol. The van der Waals surface area contributed by atoms with Crippen molar-refractivity contribution in [2.75, 3.05) is 5.73 Å². The molecule has 3 aromatic rings. The van der Waals surface area contributed by atoms with Crippen LogP contribution in [0.4, 0.5) is 19.3 Å². The highest BCUT2D eigenvalue weighted by molar-refractivity contribution is 9.10. The minimum atomic E-state index is -0.833. The molecule has 148 valence electrons. The summed E-state index contributed by atoms with van der Waals surface area (Å²) < 4.78 is 26.8. The van der Waals surface area contributed by atoms with E-state index in [1.165, 1.54) is 24.4 Å². The number of aromatic amines is 1. The van der Waals surface area contributed by atoms with E-state index in [2.05, 4.69) is 53.3 Å². The highest BCUT2D eigenvalue weighted by atomic mass is 79.9. The number of nitrogen functional groups attached to an aromatic ring is 1. The first-order chi connectivity index (χ1) is 13.1. The largest absolute Gasteiger partial charge is 0.398 e. The maximum absolute atomic E-state index is 13.3. The van der Waals surface area contributed by atoms with E-state index in [1.54, 1.807) is 6.07 Å². The van der Waals surface area contributed by atoms with Crippen molar-refractivity contribution in [3.8, 4) is 0 Å². The summed E-state index contributed by atoms with van der Waals surface area (Å²) in [6.45, 7) is 0. The van der Waals surface area contributed by atoms with Gasteiger partial charge in [0.05, 0.1) is 25.4 Å². The van der Waals surface area contributed by atoms with Gasteiger partial charge in [-0.05, 0) is 56.1 Å². The molecule has 0 unspecified atom stereocenters. The van der Waals surface area contributed by atoms with Crippen LogP contribution in [0.3, 0.4) is 0 Å². The lowest BCUT2D eigenvalue weighted by Gasteiger charge is -2.00. The summed E-state index contributed by atoms with van der Waals surface area (Å²) in [6.07, 6.45) is 1.61. The smallest absolute Gasteiger partial charge is 0.345 e. The minimum Gasteiger partial charge on any atom is -0.398 e. The van der Waals surface area contributed by atoms with Crippen LogP contribution in [-0.4, -0.2) is 22.3 Å². The Balaban J connectivity index is 0.000000239. The molecule has 0 aliphatic rings. The Morgan fingerprint density at radius 1 is 1.07 bits per heavy atom. The molecule has 0 spiro atoms. The van der Waals surface area contributed by atoms with Gasteiger partial charge in [-0.15, -0.1) is 0 Å². The second-order valence-corrected chi connectivity index (χ2v) is 6.60. The van der Waals surface area contributed by atoms with Crippen molar-refractivity contribution in [1.82, 2.24) is 9.97 Å². The number of aldehydes is 1. The third-order valence-corrected chi connectivity index (χ3v) is 4.19. The van der Waals surface area contributed by atoms with Crippen molar-refractivity contribution >= 4 is 60.8 Å². The number of amides is 2. The lowest BCUT2D eigenvalue weighted by Crippen LogP contribution is -2.18. The molecule has 0 radical (unpaired) electrons. The van der Waals surface area contributed by atoms with Crippen LogP contribution in [0.15, 0.2) is 44.2 Å². The molecule has 12 heteroatoms. The standard InChI is InChI=1S/C8H4BrFN2O.C7H5BrFNO.CH4N2O/c9-5-1-2-6-4(7(5)10)3-11-8(13)12-6;8-5-1-2-6(10)4(3-11)7(5)9;2-1(3)4/h1-3H,(H,11,12,13);1-3H,10H2;(H4,2,3,4). The molecule has 1 aromatic heterocycles. The van der Waals surface area contributed by atoms with Crippen molar-refractivity contribution in [3.63, 3.8) is 0 Å². The van der Waals surface area contributed by atoms with Gasteiger partial charge in [0.15, 0.2) is 6.29 Å². The molecule has 0 saturated carbocycles. The summed E-state index contributed by atoms with van der Waals surface area (Å²) >= 11 is 5.97. The van der Waals surface area contributed by atoms with E-state index in [0.717, 1.165) is 0 Å². The van der Waals surface area contributed by atoms with Crippen LogP contribution in [0.2, 0.25) is 0 Å². The van der Waals surface area contributed by atoms with Gasteiger partial charge < -0.3 is 22.2 Å². The molecule has 0 aliphatic carbocycles. The number of carbonyl (C=O) groups is 2. The molecule has 0 saturated heterocycles. The van der Waals surface area contributed by atoms with Gasteiger partial charge in [0.2, 0.25) is 0 Å². The second-order valence-electron chi connectivity index (χ2n) is 4.90. The van der Waals surface area contributed by atoms with Crippen LogP contribution >= 0.6 is 31.9 Å². The van der Waals surface area contributed by atoms with Crippen LogP contribution in [0, 0.1) is 11.6 Å². The lowest BCUT2D eigenvalue weighted by molar-refractivity contribution is 0.112. The fourth-order valence-corrected chi connectivity index (χ4v) is 2.46. The summed E-state index contributed by atoms with van der Waals surface area (Å²) in [5.41, 5.74) is 13.8. The Bertz CT molecular complexity index is 1070. The number of nitrogens with one attached hydrogen (secondary N) is 1. The predicted molar refractivity (Wildman–Crippen MR) is 108 cm³/mol. The zero-order valence-corrected chi connectivity index (χ0v) is 17.1. The summed E-state index contributed by atoms with van der Waals surface area (Å²) in [5, 5.41) is 0.300. The molecular formula is C16H13Br2F2N5O3. The number of rotatable bonds is 1. The zero-order chi connectivity index (χ0) is 21.4. The minimum absolute atomic E-state index is 0.0978. The van der Waals surface area contributed by atoms with E-state index in [0.29, 0.717) is 21.7 Å². The van der Waals surface area contributed by atoms with Crippen molar-refractivity contribution in [2.24, 2.45) is 11.5 Å². The van der Waals surface area contributed by atoms with Crippen molar-refractivity contribution in [1.29, 1.82) is 0 Å². The van der Waals surface area contributed by atoms with Crippen molar-refractivity contribution in [2.45, 2.75) is 0 Å². The maximum atomic E-state index is 13.3. The molecule has 7 N–H and O–H groups in total. The molecule has 2 amide bonds. The fourth-order valence-electron chi connectivity index (χ4n) is 1.77. The Kier molecular flexibility index (Phi) is 8.67. The molecule has 2 aromatic carbocycles. The Labute approximate surface area is 173 Å². The molecule has 28 heavy (non-hydrogen) atoms. The summed E-state index contributed by atoms with van der Waals surface area (Å²) in [5.74, 6) is -1.03. The Morgan fingerprint density at radius 3 is 2.14 bits per heavy atom. The van der Waals surface area contributed by atoms with E-state index in [4.69, 9.17) is 10.5 Å². The van der Waals surface area contributed by atoms with Gasteiger partial charge in [0.1, 0.15) is 11.6 Å². The number of hydrogen-bond donors (Lipinski definition) is 4. The number of hydrogen-bond acceptors (Lipinski definition) is 5. The van der Waals surface area contributed by atoms with Crippen LogP contribution in [0.1, 0.15) is 10.4 Å². The van der Waals surface area contributed by atoms with Gasteiger partial charge in [0.25, 0.3) is 0 Å². The number of halogens is 4. The predicted octanol–water partition coefficient (Wildman–Crippen LogP) is 2.83. The number of primary amides is 2. The first kappa shape index (κ1) is 23.2. The molecule has 0 fully saturated rings. The van der Waals surface area contributed by atoms with E-state index in [1.807, 2.05) is 0 Å². The number of carbonyl (C=O) groups excluding carboxylic acids is 2. The number of benzene rings is 2. The van der Waals surface area contributed by atoms with E-state index in [-0.39, 0.29) is 15.7 Å². The fraction of sp³-hybridized carbons (Fsp3) is 0. The van der Waals surface area contributed by atoms with E-state index in [9.17, 15) is 18.4 Å². The summed E-state index contributed by atoms with van der Waals surface area (Å²) in [4.78, 5) is 35.9. The first-order valence-electron chi connectivity index (χ1n) is 7.15. The molecule has 0 aliphatic heterocycles. The average molecular weight is 521 g/mol. The normalized spacial score (nSPS) is 9.57. The topological polar surface area (TPSA) is 158 Å². The Morgan fingerprint density at radius 2 is 1.61 bits per heavy atom. The zero-order valence-electron chi connectivity index (χ0n) is 13.9. The van der Waals surface area contributed by atoms with Gasteiger partial charge >= 0.3 is 11.7 Å². The highest BCUT2D eigenvalue weighted by Crippen LogP contribution is 2.22. The molecule has 0 atom stereocenters. The lowest BCUT2D eigenvalue weighted by atomic mass is 10.2. The second kappa shape index (κ2) is 10.5. The number of nitrogens with two attached hydrogens (primary N) is 3. The van der Waals surface area contributed by atoms with Crippen LogP contribution in [0.25, 0.3) is 10.9 Å². The number of anilines is 1. The molecular weight excluding hydrogens is 508 g/mol. The Hall–Kier alpha value is -2.86. The van der Waals surface area contributed by atoms with Crippen LogP contribution < -0.4 is 22.9 Å². The third kappa shape index (κ3) is 6.39. The molecule has 3 rings (SSSR count). The number of fused-ring (bicyclic) bond motifs is 1. The van der Waals surface area contributed by atoms with E-state index < -0.39 is 23.4 Å². The molecule has 1 heterocycles. The number of aromatic nitrogens is 2. The first-order valence-corrected chi connectivity index (χ1v) is 8.73. The summed E-state index contributed by atoms with van der Waals surface area (Å²) in [7, 11) is 0. The number of H-pyrrole nitrogens is 1. The average Bonchev–Trinajstić information content (AvgIpc) is 2.62. The maximum Gasteiger partial charge on any atom is 0.345 e.